The van der Waals surface area contributed by atoms with Gasteiger partial charge in [0.1, 0.15) is 6.33 Å². The Labute approximate surface area is 42.0 Å². The number of methoxy groups -OCH3 is 1. The van der Waals surface area contributed by atoms with Crippen molar-refractivity contribution in [2.24, 2.45) is 0 Å². The molecule has 0 aromatic carbocycles. The Balaban J connectivity index is 0.000000490. The highest BCUT2D eigenvalue weighted by Crippen LogP contribution is 1.90. The van der Waals surface area contributed by atoms with Gasteiger partial charge >= 0.3 is 6.01 Å². The second-order valence-corrected chi connectivity index (χ2v) is 0.995. The van der Waals surface area contributed by atoms with Crippen LogP contribution < -0.4 is 4.74 Å². The minimum absolute atomic E-state index is 0. The summed E-state index contributed by atoms with van der Waals surface area (Å²) in [5.41, 5.74) is 0. The molecule has 4 nitrogen and oxygen atoms in total. The summed E-state index contributed by atoms with van der Waals surface area (Å²) < 4.78 is 4.62. The summed E-state index contributed by atoms with van der Waals surface area (Å²) in [7, 11) is 1.53. The van der Waals surface area contributed by atoms with Gasteiger partial charge in [-0.1, -0.05) is 0 Å². The predicted octanol–water partition coefficient (Wildman–Crippen LogP) is 0.0593. The van der Waals surface area contributed by atoms with Gasteiger partial charge in [-0.25, -0.2) is 5.10 Å². The van der Waals surface area contributed by atoms with E-state index < -0.39 is 0 Å². The highest BCUT2D eigenvalue weighted by atomic mass is 16.5. The molecule has 1 rings (SSSR count). The third kappa shape index (κ3) is 0.677. The Bertz CT molecular complexity index is 129. The molecule has 0 atom stereocenters. The number of ether oxygens (including phenoxy) is 1. The quantitative estimate of drug-likeness (QED) is 0.544. The van der Waals surface area contributed by atoms with E-state index in [0.29, 0.717) is 6.01 Å². The summed E-state index contributed by atoms with van der Waals surface area (Å²) in [6.45, 7) is 0. The van der Waals surface area contributed by atoms with Crippen molar-refractivity contribution < 1.29 is 6.16 Å². The normalized spacial score (nSPS) is 8.71. The van der Waals surface area contributed by atoms with Crippen molar-refractivity contribution in [3.8, 4) is 6.01 Å². The molecule has 0 fully saturated rings. The first-order valence-electron chi connectivity index (χ1n) is 1.83. The second kappa shape index (κ2) is 1.59. The minimum Gasteiger partial charge on any atom is -0.467 e. The SMILES string of the molecule is COc1ncn[nH]1.[HH]. The van der Waals surface area contributed by atoms with Crippen LogP contribution in [-0.2, 0) is 0 Å². The van der Waals surface area contributed by atoms with Crippen molar-refractivity contribution in [1.29, 1.82) is 0 Å². The Kier molecular flexibility index (Phi) is 0.934. The average molecular weight is 101 g/mol. The fourth-order valence-corrected chi connectivity index (χ4v) is 0.293. The van der Waals surface area contributed by atoms with Crippen molar-refractivity contribution in [2.75, 3.05) is 7.11 Å². The van der Waals surface area contributed by atoms with E-state index in [9.17, 15) is 0 Å². The standard InChI is InChI=1S/C3H5N3O.H2/c1-7-3-4-2-5-6-3;/h2H,1H3,(H,4,5,6);1H. The molecule has 7 heavy (non-hydrogen) atoms. The van der Waals surface area contributed by atoms with Gasteiger partial charge in [0.25, 0.3) is 0 Å². The van der Waals surface area contributed by atoms with Crippen LogP contribution in [0.3, 0.4) is 0 Å². The van der Waals surface area contributed by atoms with Crippen LogP contribution in [0.25, 0.3) is 0 Å². The van der Waals surface area contributed by atoms with E-state index in [-0.39, 0.29) is 1.43 Å². The monoisotopic (exact) mass is 101 g/mol. The molecule has 0 bridgehead atoms. The Morgan fingerprint density at radius 2 is 2.86 bits per heavy atom. The molecule has 0 unspecified atom stereocenters. The maximum Gasteiger partial charge on any atom is 0.311 e. The molecule has 0 aliphatic rings. The fraction of sp³-hybridized carbons (Fsp3) is 0.333. The number of H-pyrrole nitrogens is 1. The van der Waals surface area contributed by atoms with Crippen LogP contribution in [-0.4, -0.2) is 22.3 Å². The van der Waals surface area contributed by atoms with Crippen molar-refractivity contribution in [1.82, 2.24) is 15.2 Å². The lowest BCUT2D eigenvalue weighted by atomic mass is 11.2. The van der Waals surface area contributed by atoms with Crippen molar-refractivity contribution in [3.05, 3.63) is 6.33 Å². The zero-order chi connectivity index (χ0) is 5.11. The summed E-state index contributed by atoms with van der Waals surface area (Å²) in [5, 5.41) is 6.04. The van der Waals surface area contributed by atoms with Crippen LogP contribution in [0.15, 0.2) is 6.33 Å². The van der Waals surface area contributed by atoms with E-state index >= 15 is 0 Å². The van der Waals surface area contributed by atoms with Crippen LogP contribution in [0.5, 0.6) is 6.01 Å². The second-order valence-electron chi connectivity index (χ2n) is 0.995. The number of aromatic amines is 1. The van der Waals surface area contributed by atoms with E-state index in [0.717, 1.165) is 0 Å². The highest BCUT2D eigenvalue weighted by Gasteiger charge is 1.84. The molecular formula is C3H7N3O. The summed E-state index contributed by atoms with van der Waals surface area (Å²) in [5.74, 6) is 0. The predicted molar refractivity (Wildman–Crippen MR) is 25.0 cm³/mol. The molecule has 0 saturated carbocycles. The first-order chi connectivity index (χ1) is 3.43. The largest absolute Gasteiger partial charge is 0.467 e. The maximum absolute atomic E-state index is 4.62. The third-order valence-corrected chi connectivity index (χ3v) is 0.586. The third-order valence-electron chi connectivity index (χ3n) is 0.586. The van der Waals surface area contributed by atoms with E-state index in [2.05, 4.69) is 19.9 Å². The molecule has 1 N–H and O–H groups in total. The lowest BCUT2D eigenvalue weighted by Gasteiger charge is -1.84. The van der Waals surface area contributed by atoms with Crippen LogP contribution in [0.4, 0.5) is 0 Å². The van der Waals surface area contributed by atoms with Gasteiger partial charge < -0.3 is 4.74 Å². The Morgan fingerprint density at radius 1 is 2.00 bits per heavy atom. The molecule has 0 saturated heterocycles. The molecule has 1 heterocycles. The van der Waals surface area contributed by atoms with Crippen molar-refractivity contribution in [2.45, 2.75) is 0 Å². The minimum atomic E-state index is 0. The smallest absolute Gasteiger partial charge is 0.311 e. The van der Waals surface area contributed by atoms with E-state index in [1.165, 1.54) is 13.4 Å². The van der Waals surface area contributed by atoms with Crippen molar-refractivity contribution >= 4 is 0 Å². The van der Waals surface area contributed by atoms with Gasteiger partial charge in [-0.05, 0) is 0 Å². The van der Waals surface area contributed by atoms with Gasteiger partial charge in [0.2, 0.25) is 0 Å². The highest BCUT2D eigenvalue weighted by molar-refractivity contribution is 4.83. The summed E-state index contributed by atoms with van der Waals surface area (Å²) >= 11 is 0. The zero-order valence-electron chi connectivity index (χ0n) is 3.88. The van der Waals surface area contributed by atoms with Gasteiger partial charge in [-0.15, -0.1) is 0 Å². The summed E-state index contributed by atoms with van der Waals surface area (Å²) in [6.07, 6.45) is 1.39. The van der Waals surface area contributed by atoms with Gasteiger partial charge in [0, 0.05) is 1.43 Å². The molecular weight excluding hydrogens is 94.1 g/mol. The molecule has 4 heteroatoms. The number of rotatable bonds is 1. The van der Waals surface area contributed by atoms with Gasteiger partial charge in [0.15, 0.2) is 0 Å². The summed E-state index contributed by atoms with van der Waals surface area (Å²) in [4.78, 5) is 3.65. The number of hydrogen-bond donors (Lipinski definition) is 1. The van der Waals surface area contributed by atoms with Crippen LogP contribution in [0.2, 0.25) is 0 Å². The zero-order valence-corrected chi connectivity index (χ0v) is 3.88. The van der Waals surface area contributed by atoms with E-state index in [4.69, 9.17) is 0 Å². The van der Waals surface area contributed by atoms with Crippen LogP contribution in [0.1, 0.15) is 1.43 Å². The average Bonchev–Trinajstić information content (AvgIpc) is 2.14. The molecule has 0 aliphatic carbocycles. The van der Waals surface area contributed by atoms with Crippen LogP contribution >= 0.6 is 0 Å². The number of aromatic nitrogens is 3. The van der Waals surface area contributed by atoms with Gasteiger partial charge in [-0.3, -0.25) is 0 Å². The Hall–Kier alpha value is -1.06. The van der Waals surface area contributed by atoms with E-state index in [1.807, 2.05) is 0 Å². The van der Waals surface area contributed by atoms with Gasteiger partial charge in [0.05, 0.1) is 7.11 Å². The molecule has 0 spiro atoms. The molecule has 0 aliphatic heterocycles. The van der Waals surface area contributed by atoms with Gasteiger partial charge in [-0.2, -0.15) is 10.1 Å². The van der Waals surface area contributed by atoms with Crippen molar-refractivity contribution in [3.63, 3.8) is 0 Å². The number of nitrogens with one attached hydrogen (secondary N) is 1. The number of hydrogen-bond acceptors (Lipinski definition) is 3. The molecule has 0 amide bonds. The summed E-state index contributed by atoms with van der Waals surface area (Å²) in [6, 6.07) is 0.444. The first kappa shape index (κ1) is 4.11. The topological polar surface area (TPSA) is 50.8 Å². The lowest BCUT2D eigenvalue weighted by molar-refractivity contribution is 0.382. The molecule has 1 aromatic heterocycles. The molecule has 1 aromatic rings. The lowest BCUT2D eigenvalue weighted by Crippen LogP contribution is -1.82. The van der Waals surface area contributed by atoms with Crippen LogP contribution in [0, 0.1) is 0 Å². The first-order valence-corrected chi connectivity index (χ1v) is 1.83. The Morgan fingerprint density at radius 3 is 3.14 bits per heavy atom. The maximum atomic E-state index is 4.62. The molecule has 0 radical (unpaired) electrons. The molecule has 40 valence electrons. The fourth-order valence-electron chi connectivity index (χ4n) is 0.293. The number of nitrogens with zero attached hydrogens (tertiary/aromatic N) is 2. The van der Waals surface area contributed by atoms with E-state index in [1.54, 1.807) is 0 Å².